The van der Waals surface area contributed by atoms with Crippen molar-refractivity contribution in [1.29, 1.82) is 0 Å². The minimum atomic E-state index is -0.773. The normalized spacial score (nSPS) is 17.6. The molecule has 2 heterocycles. The van der Waals surface area contributed by atoms with Gasteiger partial charge >= 0.3 is 12.0 Å². The fraction of sp³-hybridized carbons (Fsp3) is 0.227. The summed E-state index contributed by atoms with van der Waals surface area (Å²) in [6.07, 6.45) is 0. The molecule has 0 spiro atoms. The first-order chi connectivity index (χ1) is 15.4. The number of hydrogen-bond donors (Lipinski definition) is 2. The van der Waals surface area contributed by atoms with Gasteiger partial charge in [-0.15, -0.1) is 0 Å². The van der Waals surface area contributed by atoms with Crippen molar-refractivity contribution in [2.75, 3.05) is 25.1 Å². The lowest BCUT2D eigenvalue weighted by Crippen LogP contribution is -2.49. The Balaban J connectivity index is 1.60. The van der Waals surface area contributed by atoms with Crippen LogP contribution in [0, 0.1) is 5.82 Å². The van der Waals surface area contributed by atoms with Crippen molar-refractivity contribution in [3.8, 4) is 5.75 Å². The van der Waals surface area contributed by atoms with Crippen LogP contribution < -0.4 is 15.4 Å². The van der Waals surface area contributed by atoms with Gasteiger partial charge < -0.3 is 20.1 Å². The third kappa shape index (κ3) is 4.11. The van der Waals surface area contributed by atoms with Crippen molar-refractivity contribution < 1.29 is 28.2 Å². The van der Waals surface area contributed by atoms with E-state index in [0.29, 0.717) is 23.6 Å². The Kier molecular flexibility index (Phi) is 6.00. The minimum absolute atomic E-state index is 0.134. The van der Waals surface area contributed by atoms with Crippen LogP contribution in [0.5, 0.6) is 5.75 Å². The molecule has 32 heavy (non-hydrogen) atoms. The molecule has 0 saturated carbocycles. The van der Waals surface area contributed by atoms with Crippen LogP contribution in [-0.4, -0.2) is 42.6 Å². The Hall–Kier alpha value is -3.59. The molecular formula is C22H19ClFN3O5. The van der Waals surface area contributed by atoms with E-state index in [9.17, 15) is 18.8 Å². The number of halogens is 2. The van der Waals surface area contributed by atoms with Gasteiger partial charge in [0.05, 0.1) is 28.9 Å². The molecule has 0 fully saturated rings. The Labute approximate surface area is 187 Å². The Morgan fingerprint density at radius 2 is 2.09 bits per heavy atom. The quantitative estimate of drug-likeness (QED) is 0.645. The second-order valence-corrected chi connectivity index (χ2v) is 7.46. The number of hydrogen-bond acceptors (Lipinski definition) is 5. The van der Waals surface area contributed by atoms with Crippen LogP contribution in [0.15, 0.2) is 53.7 Å². The smallest absolute Gasteiger partial charge is 0.338 e. The van der Waals surface area contributed by atoms with Crippen molar-refractivity contribution in [3.05, 3.63) is 70.1 Å². The highest BCUT2D eigenvalue weighted by Gasteiger charge is 2.43. The summed E-state index contributed by atoms with van der Waals surface area (Å²) in [7, 11) is 0. The van der Waals surface area contributed by atoms with Crippen LogP contribution in [-0.2, 0) is 14.3 Å². The zero-order valence-corrected chi connectivity index (χ0v) is 17.7. The molecule has 0 bridgehead atoms. The van der Waals surface area contributed by atoms with Crippen LogP contribution in [0.4, 0.5) is 14.9 Å². The maximum absolute atomic E-state index is 13.3. The topological polar surface area (TPSA) is 97.0 Å². The summed E-state index contributed by atoms with van der Waals surface area (Å²) >= 11 is 5.74. The third-order valence-electron chi connectivity index (χ3n) is 5.03. The van der Waals surface area contributed by atoms with E-state index in [2.05, 4.69) is 10.6 Å². The van der Waals surface area contributed by atoms with E-state index < -0.39 is 29.8 Å². The van der Waals surface area contributed by atoms with Crippen molar-refractivity contribution in [3.63, 3.8) is 0 Å². The average Bonchev–Trinajstić information content (AvgIpc) is 3.15. The average molecular weight is 460 g/mol. The van der Waals surface area contributed by atoms with Crippen LogP contribution >= 0.6 is 11.6 Å². The molecule has 1 unspecified atom stereocenters. The fourth-order valence-corrected chi connectivity index (χ4v) is 3.82. The maximum Gasteiger partial charge on any atom is 0.338 e. The highest BCUT2D eigenvalue weighted by molar-refractivity contribution is 6.31. The molecule has 1 atom stereocenters. The maximum atomic E-state index is 13.3. The van der Waals surface area contributed by atoms with Gasteiger partial charge in [-0.3, -0.25) is 9.69 Å². The molecular weight excluding hydrogens is 441 g/mol. The van der Waals surface area contributed by atoms with Crippen molar-refractivity contribution >= 4 is 35.2 Å². The van der Waals surface area contributed by atoms with E-state index >= 15 is 0 Å². The van der Waals surface area contributed by atoms with Gasteiger partial charge in [0.25, 0.3) is 0 Å². The van der Waals surface area contributed by atoms with E-state index in [0.717, 1.165) is 11.0 Å². The summed E-state index contributed by atoms with van der Waals surface area (Å²) in [6, 6.07) is 9.47. The highest BCUT2D eigenvalue weighted by atomic mass is 35.5. The van der Waals surface area contributed by atoms with Gasteiger partial charge in [0.15, 0.2) is 0 Å². The molecule has 0 saturated heterocycles. The van der Waals surface area contributed by atoms with Crippen LogP contribution in [0.25, 0.3) is 0 Å². The molecule has 2 aromatic rings. The van der Waals surface area contributed by atoms with Crippen molar-refractivity contribution in [1.82, 2.24) is 10.2 Å². The van der Waals surface area contributed by atoms with E-state index in [1.165, 1.54) is 12.1 Å². The minimum Gasteiger partial charge on any atom is -0.494 e. The lowest BCUT2D eigenvalue weighted by Gasteiger charge is -2.33. The summed E-state index contributed by atoms with van der Waals surface area (Å²) in [5, 5.41) is 5.18. The highest BCUT2D eigenvalue weighted by Crippen LogP contribution is 2.38. The monoisotopic (exact) mass is 459 g/mol. The second-order valence-electron chi connectivity index (χ2n) is 7.05. The first-order valence-electron chi connectivity index (χ1n) is 9.83. The number of nitrogens with zero attached hydrogens (tertiary/aromatic N) is 1. The lowest BCUT2D eigenvalue weighted by atomic mass is 9.95. The van der Waals surface area contributed by atoms with Crippen LogP contribution in [0.2, 0.25) is 5.02 Å². The van der Waals surface area contributed by atoms with Crippen LogP contribution in [0.1, 0.15) is 18.5 Å². The summed E-state index contributed by atoms with van der Waals surface area (Å²) in [4.78, 5) is 39.1. The number of urea groups is 1. The number of benzene rings is 2. The van der Waals surface area contributed by atoms with Gasteiger partial charge in [0.2, 0.25) is 5.91 Å². The van der Waals surface area contributed by atoms with E-state index in [1.54, 1.807) is 24.3 Å². The van der Waals surface area contributed by atoms with E-state index in [4.69, 9.17) is 21.1 Å². The number of esters is 1. The van der Waals surface area contributed by atoms with Crippen LogP contribution in [0.3, 0.4) is 0 Å². The molecule has 2 aliphatic heterocycles. The number of para-hydroxylation sites is 1. The summed E-state index contributed by atoms with van der Waals surface area (Å²) in [5.74, 6) is -1.21. The lowest BCUT2D eigenvalue weighted by molar-refractivity contribution is -0.136. The Morgan fingerprint density at radius 1 is 1.31 bits per heavy atom. The number of amides is 3. The first-order valence-corrected chi connectivity index (χ1v) is 10.2. The number of cyclic esters (lactones) is 1. The fourth-order valence-electron chi connectivity index (χ4n) is 3.64. The van der Waals surface area contributed by atoms with Gasteiger partial charge in [0, 0.05) is 11.3 Å². The first kappa shape index (κ1) is 21.6. The third-order valence-corrected chi connectivity index (χ3v) is 5.32. The number of anilines is 1. The van der Waals surface area contributed by atoms with Gasteiger partial charge in [-0.25, -0.2) is 14.0 Å². The van der Waals surface area contributed by atoms with Gasteiger partial charge in [-0.2, -0.15) is 0 Å². The number of rotatable bonds is 6. The van der Waals surface area contributed by atoms with Gasteiger partial charge in [-0.1, -0.05) is 29.8 Å². The number of nitrogens with one attached hydrogen (secondary N) is 2. The zero-order valence-electron chi connectivity index (χ0n) is 17.0. The molecule has 4 rings (SSSR count). The van der Waals surface area contributed by atoms with Gasteiger partial charge in [-0.05, 0) is 31.2 Å². The van der Waals surface area contributed by atoms with E-state index in [1.807, 2.05) is 6.92 Å². The summed E-state index contributed by atoms with van der Waals surface area (Å²) < 4.78 is 24.2. The number of carbonyl (C=O) groups excluding carboxylic acids is 3. The molecule has 2 aromatic carbocycles. The zero-order chi connectivity index (χ0) is 22.8. The molecule has 3 amide bonds. The second kappa shape index (κ2) is 8.88. The molecule has 0 aliphatic carbocycles. The molecule has 0 aromatic heterocycles. The largest absolute Gasteiger partial charge is 0.494 e. The number of carbonyl (C=O) groups is 3. The molecule has 8 nitrogen and oxygen atoms in total. The predicted molar refractivity (Wildman–Crippen MR) is 114 cm³/mol. The Bertz CT molecular complexity index is 1140. The summed E-state index contributed by atoms with van der Waals surface area (Å²) in [5.41, 5.74) is 1.44. The molecule has 166 valence electrons. The standard InChI is InChI=1S/C22H19ClFN3O5/c1-2-31-17-6-4-3-5-13(17)20-19-16(11-32-21(19)29)27(22(30)26-20)10-18(28)25-12-7-8-15(24)14(23)9-12/h3-9,20H,2,10-11H2,1H3,(H,25,28)(H,26,30). The molecule has 2 aliphatic rings. The molecule has 2 N–H and O–H groups in total. The SMILES string of the molecule is CCOc1ccccc1C1NC(=O)N(CC(=O)Nc2ccc(F)c(Cl)c2)C2=C1C(=O)OC2. The molecule has 10 heteroatoms. The predicted octanol–water partition coefficient (Wildman–Crippen LogP) is 3.39. The van der Waals surface area contributed by atoms with Crippen molar-refractivity contribution in [2.45, 2.75) is 13.0 Å². The van der Waals surface area contributed by atoms with Crippen molar-refractivity contribution in [2.24, 2.45) is 0 Å². The van der Waals surface area contributed by atoms with E-state index in [-0.39, 0.29) is 29.4 Å². The Morgan fingerprint density at radius 3 is 2.84 bits per heavy atom. The van der Waals surface area contributed by atoms with Gasteiger partial charge in [0.1, 0.15) is 24.7 Å². The molecule has 0 radical (unpaired) electrons. The summed E-state index contributed by atoms with van der Waals surface area (Å²) in [6.45, 7) is 1.73. The number of ether oxygens (including phenoxy) is 2.